The van der Waals surface area contributed by atoms with E-state index in [2.05, 4.69) is 10.5 Å². The number of nitrogens with zero attached hydrogens (tertiary/aromatic N) is 1. The van der Waals surface area contributed by atoms with Crippen molar-refractivity contribution < 1.29 is 24.2 Å². The van der Waals surface area contributed by atoms with Crippen molar-refractivity contribution in [2.75, 3.05) is 7.11 Å². The van der Waals surface area contributed by atoms with Gasteiger partial charge in [0.25, 0.3) is 5.91 Å². The number of aromatic hydroxyl groups is 1. The Hall–Kier alpha value is -4.65. The molecule has 0 aliphatic heterocycles. The quantitative estimate of drug-likeness (QED) is 0.199. The number of nitrogens with one attached hydrogen (secondary N) is 1. The summed E-state index contributed by atoms with van der Waals surface area (Å²) in [5.41, 5.74) is 3.52. The van der Waals surface area contributed by atoms with Crippen LogP contribution in [0.3, 0.4) is 0 Å². The number of ether oxygens (including phenoxy) is 2. The van der Waals surface area contributed by atoms with Crippen molar-refractivity contribution in [1.29, 1.82) is 0 Å². The Labute approximate surface area is 189 Å². The Balaban J connectivity index is 1.41. The highest BCUT2D eigenvalue weighted by Crippen LogP contribution is 2.25. The van der Waals surface area contributed by atoms with Crippen LogP contribution in [-0.4, -0.2) is 30.3 Å². The number of methoxy groups -OCH3 is 1. The molecule has 4 rings (SSSR count). The second-order valence-corrected chi connectivity index (χ2v) is 7.11. The third kappa shape index (κ3) is 5.16. The van der Waals surface area contributed by atoms with Gasteiger partial charge in [0, 0.05) is 0 Å². The van der Waals surface area contributed by atoms with E-state index in [0.29, 0.717) is 22.6 Å². The lowest BCUT2D eigenvalue weighted by Crippen LogP contribution is -2.17. The van der Waals surface area contributed by atoms with Crippen molar-refractivity contribution in [3.05, 3.63) is 102 Å². The van der Waals surface area contributed by atoms with Crippen LogP contribution in [0, 0.1) is 0 Å². The van der Waals surface area contributed by atoms with E-state index < -0.39 is 11.9 Å². The van der Waals surface area contributed by atoms with Gasteiger partial charge in [-0.1, -0.05) is 36.4 Å². The Kier molecular flexibility index (Phi) is 6.31. The molecule has 33 heavy (non-hydrogen) atoms. The molecule has 0 radical (unpaired) electrons. The van der Waals surface area contributed by atoms with Gasteiger partial charge < -0.3 is 14.6 Å². The molecule has 0 saturated carbocycles. The number of fused-ring (bicyclic) bond motifs is 1. The first kappa shape index (κ1) is 21.6. The van der Waals surface area contributed by atoms with Gasteiger partial charge in [-0.15, -0.1) is 0 Å². The molecule has 7 nitrogen and oxygen atoms in total. The van der Waals surface area contributed by atoms with Crippen LogP contribution in [0.1, 0.15) is 26.3 Å². The molecule has 0 unspecified atom stereocenters. The maximum absolute atomic E-state index is 12.5. The van der Waals surface area contributed by atoms with E-state index in [1.165, 1.54) is 12.3 Å². The second kappa shape index (κ2) is 9.65. The van der Waals surface area contributed by atoms with Crippen LogP contribution in [0.4, 0.5) is 0 Å². The number of carbonyl (C=O) groups is 2. The smallest absolute Gasteiger partial charge is 0.343 e. The molecule has 0 aliphatic rings. The third-order valence-electron chi connectivity index (χ3n) is 4.88. The van der Waals surface area contributed by atoms with Gasteiger partial charge in [0.05, 0.1) is 24.5 Å². The van der Waals surface area contributed by atoms with E-state index in [9.17, 15) is 14.7 Å². The number of carbonyl (C=O) groups excluding carboxylic acids is 2. The summed E-state index contributed by atoms with van der Waals surface area (Å²) < 4.78 is 10.5. The number of esters is 1. The lowest BCUT2D eigenvalue weighted by molar-refractivity contribution is 0.0734. The molecule has 164 valence electrons. The van der Waals surface area contributed by atoms with Crippen molar-refractivity contribution in [2.45, 2.75) is 0 Å². The fourth-order valence-electron chi connectivity index (χ4n) is 3.19. The van der Waals surface area contributed by atoms with Crippen molar-refractivity contribution in [1.82, 2.24) is 5.43 Å². The van der Waals surface area contributed by atoms with Crippen LogP contribution in [-0.2, 0) is 0 Å². The van der Waals surface area contributed by atoms with Gasteiger partial charge in [-0.25, -0.2) is 10.2 Å². The second-order valence-electron chi connectivity index (χ2n) is 7.11. The lowest BCUT2D eigenvalue weighted by Gasteiger charge is -2.06. The summed E-state index contributed by atoms with van der Waals surface area (Å²) in [6.45, 7) is 0. The summed E-state index contributed by atoms with van der Waals surface area (Å²) in [6, 6.07) is 23.8. The first-order chi connectivity index (χ1) is 16.0. The van der Waals surface area contributed by atoms with Crippen LogP contribution < -0.4 is 14.9 Å². The van der Waals surface area contributed by atoms with Crippen LogP contribution in [0.15, 0.2) is 90.0 Å². The summed E-state index contributed by atoms with van der Waals surface area (Å²) in [5.74, 6) is -0.209. The van der Waals surface area contributed by atoms with Gasteiger partial charge in [-0.2, -0.15) is 5.10 Å². The highest BCUT2D eigenvalue weighted by atomic mass is 16.5. The standard InChI is InChI=1S/C26H20N2O5/c1-32-21-11-9-18(10-12-21)26(31)33-22-8-4-5-17(13-22)16-27-28-25(30)23-14-19-6-2-3-7-20(19)15-24(23)29/h2-16,29H,1H3,(H,28,30)/b27-16-. The number of phenols is 1. The summed E-state index contributed by atoms with van der Waals surface area (Å²) in [4.78, 5) is 24.8. The minimum Gasteiger partial charge on any atom is -0.507 e. The predicted molar refractivity (Wildman–Crippen MR) is 125 cm³/mol. The zero-order chi connectivity index (χ0) is 23.2. The van der Waals surface area contributed by atoms with Crippen LogP contribution in [0.25, 0.3) is 10.8 Å². The third-order valence-corrected chi connectivity index (χ3v) is 4.88. The van der Waals surface area contributed by atoms with Crippen LogP contribution >= 0.6 is 0 Å². The van der Waals surface area contributed by atoms with E-state index in [1.807, 2.05) is 24.3 Å². The maximum atomic E-state index is 12.5. The predicted octanol–water partition coefficient (Wildman–Crippen LogP) is 4.54. The van der Waals surface area contributed by atoms with E-state index in [1.54, 1.807) is 61.7 Å². The molecule has 0 spiro atoms. The topological polar surface area (TPSA) is 97.2 Å². The fourth-order valence-corrected chi connectivity index (χ4v) is 3.19. The van der Waals surface area contributed by atoms with Gasteiger partial charge in [-0.05, 0) is 64.9 Å². The van der Waals surface area contributed by atoms with Crippen LogP contribution in [0.2, 0.25) is 0 Å². The minimum atomic E-state index is -0.545. The highest BCUT2D eigenvalue weighted by molar-refractivity contribution is 6.01. The van der Waals surface area contributed by atoms with E-state index in [4.69, 9.17) is 9.47 Å². The van der Waals surface area contributed by atoms with Gasteiger partial charge in [0.15, 0.2) is 0 Å². The molecule has 0 aromatic heterocycles. The largest absolute Gasteiger partial charge is 0.507 e. The molecule has 2 N–H and O–H groups in total. The van der Waals surface area contributed by atoms with Crippen molar-refractivity contribution in [3.63, 3.8) is 0 Å². The zero-order valence-corrected chi connectivity index (χ0v) is 17.7. The average Bonchev–Trinajstić information content (AvgIpc) is 2.83. The van der Waals surface area contributed by atoms with Gasteiger partial charge >= 0.3 is 5.97 Å². The molecular weight excluding hydrogens is 420 g/mol. The van der Waals surface area contributed by atoms with Crippen molar-refractivity contribution in [2.24, 2.45) is 5.10 Å². The molecule has 0 atom stereocenters. The van der Waals surface area contributed by atoms with Gasteiger partial charge in [0.1, 0.15) is 17.2 Å². The molecule has 0 bridgehead atoms. The molecule has 0 fully saturated rings. The Bertz CT molecular complexity index is 1350. The average molecular weight is 440 g/mol. The molecule has 0 saturated heterocycles. The molecule has 1 amide bonds. The minimum absolute atomic E-state index is 0.119. The first-order valence-electron chi connectivity index (χ1n) is 10.0. The first-order valence-corrected chi connectivity index (χ1v) is 10.0. The maximum Gasteiger partial charge on any atom is 0.343 e. The molecular formula is C26H20N2O5. The Morgan fingerprint density at radius 3 is 2.33 bits per heavy atom. The van der Waals surface area contributed by atoms with Crippen molar-refractivity contribution in [3.8, 4) is 17.2 Å². The Morgan fingerprint density at radius 2 is 1.61 bits per heavy atom. The number of rotatable bonds is 6. The highest BCUT2D eigenvalue weighted by Gasteiger charge is 2.12. The summed E-state index contributed by atoms with van der Waals surface area (Å²) in [5, 5.41) is 15.8. The summed E-state index contributed by atoms with van der Waals surface area (Å²) in [7, 11) is 1.55. The normalized spacial score (nSPS) is 10.8. The van der Waals surface area contributed by atoms with Gasteiger partial charge in [0.2, 0.25) is 0 Å². The molecule has 0 heterocycles. The van der Waals surface area contributed by atoms with E-state index >= 15 is 0 Å². The Morgan fingerprint density at radius 1 is 0.879 bits per heavy atom. The van der Waals surface area contributed by atoms with E-state index in [0.717, 1.165) is 10.8 Å². The fraction of sp³-hybridized carbons (Fsp3) is 0.0385. The SMILES string of the molecule is COc1ccc(C(=O)Oc2cccc(/C=N\NC(=O)c3cc4ccccc4cc3O)c2)cc1. The number of hydrogen-bond acceptors (Lipinski definition) is 6. The van der Waals surface area contributed by atoms with Crippen molar-refractivity contribution >= 4 is 28.9 Å². The number of benzene rings is 4. The number of phenolic OH excluding ortho intramolecular Hbond substituents is 1. The number of amides is 1. The molecule has 0 aliphatic carbocycles. The monoisotopic (exact) mass is 440 g/mol. The van der Waals surface area contributed by atoms with Gasteiger partial charge in [-0.3, -0.25) is 4.79 Å². The summed E-state index contributed by atoms with van der Waals surface area (Å²) in [6.07, 6.45) is 1.42. The molecule has 7 heteroatoms. The van der Waals surface area contributed by atoms with Crippen LogP contribution in [0.5, 0.6) is 17.2 Å². The molecule has 4 aromatic rings. The zero-order valence-electron chi connectivity index (χ0n) is 17.7. The molecule has 4 aromatic carbocycles. The summed E-state index contributed by atoms with van der Waals surface area (Å²) >= 11 is 0. The van der Waals surface area contributed by atoms with E-state index in [-0.39, 0.29) is 11.3 Å². The lowest BCUT2D eigenvalue weighted by atomic mass is 10.1. The number of hydrazone groups is 1. The number of hydrogen-bond donors (Lipinski definition) is 2.